The van der Waals surface area contributed by atoms with Crippen LogP contribution in [0.25, 0.3) is 0 Å². The topological polar surface area (TPSA) is 82.9 Å². The van der Waals surface area contributed by atoms with Gasteiger partial charge in [0.2, 0.25) is 5.91 Å². The van der Waals surface area contributed by atoms with E-state index in [0.717, 1.165) is 10.5 Å². The summed E-state index contributed by atoms with van der Waals surface area (Å²) < 4.78 is 18.7. The number of imide groups is 1. The van der Waals surface area contributed by atoms with Gasteiger partial charge in [-0.05, 0) is 55.8 Å². The fraction of sp³-hybridized carbons (Fsp3) is 0.208. The van der Waals surface area contributed by atoms with E-state index in [-0.39, 0.29) is 6.54 Å². The molecule has 4 rings (SSSR count). The van der Waals surface area contributed by atoms with Gasteiger partial charge in [-0.15, -0.1) is 0 Å². The van der Waals surface area contributed by atoms with Crippen molar-refractivity contribution in [2.45, 2.75) is 25.9 Å². The van der Waals surface area contributed by atoms with Crippen molar-refractivity contribution in [2.75, 3.05) is 11.4 Å². The Kier molecular flexibility index (Phi) is 5.52. The molecule has 8 heteroatoms. The molecule has 164 valence electrons. The maximum absolute atomic E-state index is 13.3. The van der Waals surface area contributed by atoms with Crippen LogP contribution in [-0.4, -0.2) is 29.3 Å². The van der Waals surface area contributed by atoms with E-state index in [9.17, 15) is 18.8 Å². The molecule has 0 saturated carbocycles. The number of furan rings is 1. The summed E-state index contributed by atoms with van der Waals surface area (Å²) in [6, 6.07) is 15.4. The molecule has 1 saturated heterocycles. The van der Waals surface area contributed by atoms with Crippen molar-refractivity contribution in [3.63, 3.8) is 0 Å². The average Bonchev–Trinajstić information content (AvgIpc) is 3.36. The SMILES string of the molecule is Cc1ccc(N(Cc2ccco2)C(=O)CN2C(=O)NC(C)(c3ccc(F)cc3)C2=O)cc1. The van der Waals surface area contributed by atoms with Crippen LogP contribution >= 0.6 is 0 Å². The lowest BCUT2D eigenvalue weighted by molar-refractivity contribution is -0.134. The van der Waals surface area contributed by atoms with E-state index in [1.54, 1.807) is 24.3 Å². The van der Waals surface area contributed by atoms with E-state index in [4.69, 9.17) is 4.42 Å². The minimum atomic E-state index is -1.39. The van der Waals surface area contributed by atoms with Crippen LogP contribution in [0.2, 0.25) is 0 Å². The molecular formula is C24H22FN3O4. The second-order valence-corrected chi connectivity index (χ2v) is 7.85. The van der Waals surface area contributed by atoms with Crippen molar-refractivity contribution in [3.8, 4) is 0 Å². The monoisotopic (exact) mass is 435 g/mol. The molecule has 1 aromatic heterocycles. The third kappa shape index (κ3) is 3.99. The summed E-state index contributed by atoms with van der Waals surface area (Å²) in [7, 11) is 0. The van der Waals surface area contributed by atoms with Crippen molar-refractivity contribution in [2.24, 2.45) is 0 Å². The van der Waals surface area contributed by atoms with Gasteiger partial charge in [0, 0.05) is 5.69 Å². The second kappa shape index (κ2) is 8.30. The molecule has 0 radical (unpaired) electrons. The van der Waals surface area contributed by atoms with Crippen LogP contribution in [0.3, 0.4) is 0 Å². The summed E-state index contributed by atoms with van der Waals surface area (Å²) in [5.41, 5.74) is 0.688. The number of urea groups is 1. The van der Waals surface area contributed by atoms with Gasteiger partial charge in [0.05, 0.1) is 12.8 Å². The molecule has 32 heavy (non-hydrogen) atoms. The first-order chi connectivity index (χ1) is 15.3. The van der Waals surface area contributed by atoms with Crippen LogP contribution in [0.5, 0.6) is 0 Å². The number of rotatable bonds is 6. The Morgan fingerprint density at radius 3 is 2.41 bits per heavy atom. The molecule has 4 amide bonds. The number of benzene rings is 2. The molecule has 3 aromatic rings. The van der Waals surface area contributed by atoms with Crippen LogP contribution in [0.15, 0.2) is 71.3 Å². The summed E-state index contributed by atoms with van der Waals surface area (Å²) >= 11 is 0. The highest BCUT2D eigenvalue weighted by Crippen LogP contribution is 2.29. The van der Waals surface area contributed by atoms with Crippen molar-refractivity contribution in [3.05, 3.63) is 89.6 Å². The van der Waals surface area contributed by atoms with E-state index in [1.165, 1.54) is 42.4 Å². The lowest BCUT2D eigenvalue weighted by atomic mass is 9.92. The molecule has 1 aliphatic heterocycles. The predicted octanol–water partition coefficient (Wildman–Crippen LogP) is 3.73. The number of carbonyl (C=O) groups excluding carboxylic acids is 3. The van der Waals surface area contributed by atoms with Gasteiger partial charge in [0.15, 0.2) is 0 Å². The highest BCUT2D eigenvalue weighted by molar-refractivity contribution is 6.10. The third-order valence-electron chi connectivity index (χ3n) is 5.53. The molecule has 0 bridgehead atoms. The van der Waals surface area contributed by atoms with E-state index in [1.807, 2.05) is 19.1 Å². The van der Waals surface area contributed by atoms with Crippen LogP contribution in [0.4, 0.5) is 14.9 Å². The van der Waals surface area contributed by atoms with Gasteiger partial charge >= 0.3 is 6.03 Å². The normalized spacial score (nSPS) is 18.0. The third-order valence-corrected chi connectivity index (χ3v) is 5.53. The quantitative estimate of drug-likeness (QED) is 0.598. The first-order valence-corrected chi connectivity index (χ1v) is 10.1. The molecule has 1 atom stereocenters. The maximum Gasteiger partial charge on any atom is 0.325 e. The largest absolute Gasteiger partial charge is 0.467 e. The Morgan fingerprint density at radius 1 is 1.09 bits per heavy atom. The summed E-state index contributed by atoms with van der Waals surface area (Å²) in [6.45, 7) is 3.17. The zero-order valence-electron chi connectivity index (χ0n) is 17.7. The highest BCUT2D eigenvalue weighted by Gasteiger charge is 2.49. The predicted molar refractivity (Wildman–Crippen MR) is 115 cm³/mol. The zero-order valence-corrected chi connectivity index (χ0v) is 17.7. The molecule has 1 fully saturated rings. The number of amides is 4. The van der Waals surface area contributed by atoms with Crippen molar-refractivity contribution < 1.29 is 23.2 Å². The summed E-state index contributed by atoms with van der Waals surface area (Å²) in [5.74, 6) is -0.915. The standard InChI is InChI=1S/C24H22FN3O4/c1-16-5-11-19(12-6-16)27(14-20-4-3-13-32-20)21(29)15-28-22(30)24(2,26-23(28)31)17-7-9-18(25)10-8-17/h3-13H,14-15H2,1-2H3,(H,26,31). The number of hydrogen-bond donors (Lipinski definition) is 1. The van der Waals surface area contributed by atoms with Crippen molar-refractivity contribution in [1.82, 2.24) is 10.2 Å². The van der Waals surface area contributed by atoms with Crippen molar-refractivity contribution in [1.29, 1.82) is 0 Å². The molecule has 0 aliphatic carbocycles. The zero-order chi connectivity index (χ0) is 22.9. The minimum absolute atomic E-state index is 0.147. The molecule has 2 heterocycles. The molecule has 1 N–H and O–H groups in total. The second-order valence-electron chi connectivity index (χ2n) is 7.85. The fourth-order valence-corrected chi connectivity index (χ4v) is 3.65. The maximum atomic E-state index is 13.3. The van der Waals surface area contributed by atoms with Gasteiger partial charge in [-0.25, -0.2) is 9.18 Å². The average molecular weight is 435 g/mol. The smallest absolute Gasteiger partial charge is 0.325 e. The number of anilines is 1. The van der Waals surface area contributed by atoms with Crippen LogP contribution in [0, 0.1) is 12.7 Å². The van der Waals surface area contributed by atoms with Crippen LogP contribution in [-0.2, 0) is 21.7 Å². The van der Waals surface area contributed by atoms with E-state index in [2.05, 4.69) is 5.32 Å². The number of aryl methyl sites for hydroxylation is 1. The molecule has 7 nitrogen and oxygen atoms in total. The molecule has 2 aromatic carbocycles. The minimum Gasteiger partial charge on any atom is -0.467 e. The Labute approximate surface area is 184 Å². The van der Waals surface area contributed by atoms with Crippen molar-refractivity contribution >= 4 is 23.5 Å². The summed E-state index contributed by atoms with van der Waals surface area (Å²) in [5, 5.41) is 2.63. The summed E-state index contributed by atoms with van der Waals surface area (Å²) in [4.78, 5) is 41.4. The first kappa shape index (κ1) is 21.3. The lowest BCUT2D eigenvalue weighted by Gasteiger charge is -2.25. The number of nitrogens with zero attached hydrogens (tertiary/aromatic N) is 2. The van der Waals surface area contributed by atoms with E-state index in [0.29, 0.717) is 17.0 Å². The Balaban J connectivity index is 1.58. The number of nitrogens with one attached hydrogen (secondary N) is 1. The lowest BCUT2D eigenvalue weighted by Crippen LogP contribution is -2.44. The molecule has 1 aliphatic rings. The van der Waals surface area contributed by atoms with Crippen LogP contribution in [0.1, 0.15) is 23.8 Å². The van der Waals surface area contributed by atoms with E-state index >= 15 is 0 Å². The highest BCUT2D eigenvalue weighted by atomic mass is 19.1. The van der Waals surface area contributed by atoms with Gasteiger partial charge < -0.3 is 14.6 Å². The molecular weight excluding hydrogens is 413 g/mol. The molecule has 0 spiro atoms. The first-order valence-electron chi connectivity index (χ1n) is 10.1. The van der Waals surface area contributed by atoms with Gasteiger partial charge in [-0.1, -0.05) is 29.8 Å². The molecule has 1 unspecified atom stereocenters. The Hall–Kier alpha value is -3.94. The van der Waals surface area contributed by atoms with Gasteiger partial charge in [-0.3, -0.25) is 14.5 Å². The Morgan fingerprint density at radius 2 is 1.78 bits per heavy atom. The Bertz CT molecular complexity index is 1140. The summed E-state index contributed by atoms with van der Waals surface area (Å²) in [6.07, 6.45) is 1.51. The van der Waals surface area contributed by atoms with E-state index < -0.39 is 35.7 Å². The van der Waals surface area contributed by atoms with Gasteiger partial charge in [0.1, 0.15) is 23.7 Å². The number of carbonyl (C=O) groups is 3. The number of halogens is 1. The van der Waals surface area contributed by atoms with Gasteiger partial charge in [-0.2, -0.15) is 0 Å². The van der Waals surface area contributed by atoms with Crippen LogP contribution < -0.4 is 10.2 Å². The van der Waals surface area contributed by atoms with Gasteiger partial charge in [0.25, 0.3) is 5.91 Å². The number of hydrogen-bond acceptors (Lipinski definition) is 4. The fourth-order valence-electron chi connectivity index (χ4n) is 3.65.